The zero-order chi connectivity index (χ0) is 13.2. The number of carbonyl (C=O) groups is 1. The second-order valence-electron chi connectivity index (χ2n) is 5.03. The van der Waals surface area contributed by atoms with E-state index in [1.54, 1.807) is 12.1 Å². The fourth-order valence-electron chi connectivity index (χ4n) is 2.66. The van der Waals surface area contributed by atoms with Crippen molar-refractivity contribution in [1.82, 2.24) is 10.2 Å². The minimum Gasteiger partial charge on any atom is -0.508 e. The standard InChI is InChI=1S/C14H18N2O3/c17-12-2-1-10-3-5-16(9-11(10)7-12)14(18)13-8-15-4-6-19-13/h1-2,7,13,15,17H,3-6,8-9H2. The van der Waals surface area contributed by atoms with E-state index in [1.165, 1.54) is 5.56 Å². The fraction of sp³-hybridized carbons (Fsp3) is 0.500. The second kappa shape index (κ2) is 5.19. The number of nitrogens with zero attached hydrogens (tertiary/aromatic N) is 1. The van der Waals surface area contributed by atoms with Gasteiger partial charge in [-0.3, -0.25) is 4.79 Å². The molecule has 3 rings (SSSR count). The highest BCUT2D eigenvalue weighted by molar-refractivity contribution is 5.81. The van der Waals surface area contributed by atoms with Gasteiger partial charge in [0.2, 0.25) is 0 Å². The lowest BCUT2D eigenvalue weighted by atomic mass is 9.99. The molecule has 0 saturated carbocycles. The monoisotopic (exact) mass is 262 g/mol. The third-order valence-electron chi connectivity index (χ3n) is 3.72. The number of benzene rings is 1. The van der Waals surface area contributed by atoms with Gasteiger partial charge in [0.1, 0.15) is 11.9 Å². The van der Waals surface area contributed by atoms with E-state index in [1.807, 2.05) is 11.0 Å². The van der Waals surface area contributed by atoms with Gasteiger partial charge in [-0.2, -0.15) is 0 Å². The van der Waals surface area contributed by atoms with Crippen LogP contribution in [0.15, 0.2) is 18.2 Å². The predicted octanol–water partition coefficient (Wildman–Crippen LogP) is 0.265. The van der Waals surface area contributed by atoms with Crippen molar-refractivity contribution in [2.45, 2.75) is 19.1 Å². The highest BCUT2D eigenvalue weighted by Crippen LogP contribution is 2.23. The van der Waals surface area contributed by atoms with E-state index in [9.17, 15) is 9.90 Å². The van der Waals surface area contributed by atoms with E-state index >= 15 is 0 Å². The average molecular weight is 262 g/mol. The molecule has 2 aliphatic heterocycles. The molecule has 1 saturated heterocycles. The molecule has 0 bridgehead atoms. The molecule has 5 nitrogen and oxygen atoms in total. The van der Waals surface area contributed by atoms with Gasteiger partial charge in [-0.05, 0) is 29.7 Å². The summed E-state index contributed by atoms with van der Waals surface area (Å²) in [6, 6.07) is 5.38. The van der Waals surface area contributed by atoms with Crippen LogP contribution >= 0.6 is 0 Å². The molecule has 1 aromatic carbocycles. The lowest BCUT2D eigenvalue weighted by Gasteiger charge is -2.33. The Morgan fingerprint density at radius 1 is 1.42 bits per heavy atom. The summed E-state index contributed by atoms with van der Waals surface area (Å²) in [6.45, 7) is 3.25. The van der Waals surface area contributed by atoms with Crippen molar-refractivity contribution >= 4 is 5.91 Å². The van der Waals surface area contributed by atoms with Crippen LogP contribution in [-0.2, 0) is 22.5 Å². The van der Waals surface area contributed by atoms with Gasteiger partial charge in [0.25, 0.3) is 5.91 Å². The van der Waals surface area contributed by atoms with Crippen molar-refractivity contribution in [3.63, 3.8) is 0 Å². The van der Waals surface area contributed by atoms with Gasteiger partial charge in [-0.15, -0.1) is 0 Å². The van der Waals surface area contributed by atoms with Crippen molar-refractivity contribution < 1.29 is 14.6 Å². The number of hydrogen-bond acceptors (Lipinski definition) is 4. The molecule has 0 spiro atoms. The molecule has 0 aliphatic carbocycles. The topological polar surface area (TPSA) is 61.8 Å². The van der Waals surface area contributed by atoms with Gasteiger partial charge in [0, 0.05) is 26.2 Å². The minimum atomic E-state index is -0.368. The van der Waals surface area contributed by atoms with Crippen LogP contribution in [-0.4, -0.2) is 48.3 Å². The summed E-state index contributed by atoms with van der Waals surface area (Å²) in [5.74, 6) is 0.296. The average Bonchev–Trinajstić information content (AvgIpc) is 2.46. The van der Waals surface area contributed by atoms with Crippen LogP contribution in [0, 0.1) is 0 Å². The lowest BCUT2D eigenvalue weighted by molar-refractivity contribution is -0.146. The van der Waals surface area contributed by atoms with Crippen molar-refractivity contribution in [2.24, 2.45) is 0 Å². The highest BCUT2D eigenvalue weighted by atomic mass is 16.5. The Morgan fingerprint density at radius 2 is 2.32 bits per heavy atom. The first-order valence-electron chi connectivity index (χ1n) is 6.66. The van der Waals surface area contributed by atoms with Gasteiger partial charge in [-0.1, -0.05) is 6.07 Å². The van der Waals surface area contributed by atoms with Crippen molar-refractivity contribution in [3.05, 3.63) is 29.3 Å². The van der Waals surface area contributed by atoms with Crippen LogP contribution in [0.2, 0.25) is 0 Å². The molecule has 102 valence electrons. The molecule has 1 fully saturated rings. The van der Waals surface area contributed by atoms with Crippen LogP contribution in [0.25, 0.3) is 0 Å². The molecule has 1 aromatic rings. The van der Waals surface area contributed by atoms with E-state index in [0.717, 1.165) is 25.1 Å². The van der Waals surface area contributed by atoms with Crippen molar-refractivity contribution in [3.8, 4) is 5.75 Å². The number of nitrogens with one attached hydrogen (secondary N) is 1. The number of phenols is 1. The molecule has 19 heavy (non-hydrogen) atoms. The Balaban J connectivity index is 1.72. The lowest BCUT2D eigenvalue weighted by Crippen LogP contribution is -2.50. The quantitative estimate of drug-likeness (QED) is 0.762. The first kappa shape index (κ1) is 12.4. The third-order valence-corrected chi connectivity index (χ3v) is 3.72. The summed E-state index contributed by atoms with van der Waals surface area (Å²) >= 11 is 0. The molecule has 5 heteroatoms. The first-order chi connectivity index (χ1) is 9.24. The zero-order valence-corrected chi connectivity index (χ0v) is 10.8. The molecule has 2 N–H and O–H groups in total. The maximum atomic E-state index is 12.3. The van der Waals surface area contributed by atoms with E-state index in [0.29, 0.717) is 19.7 Å². The van der Waals surface area contributed by atoms with Gasteiger partial charge in [-0.25, -0.2) is 0 Å². The van der Waals surface area contributed by atoms with Crippen LogP contribution in [0.5, 0.6) is 5.75 Å². The molecule has 2 heterocycles. The molecular formula is C14H18N2O3. The number of aromatic hydroxyl groups is 1. The second-order valence-corrected chi connectivity index (χ2v) is 5.03. The first-order valence-corrected chi connectivity index (χ1v) is 6.66. The van der Waals surface area contributed by atoms with E-state index in [4.69, 9.17) is 4.74 Å². The molecular weight excluding hydrogens is 244 g/mol. The van der Waals surface area contributed by atoms with Crippen LogP contribution in [0.4, 0.5) is 0 Å². The minimum absolute atomic E-state index is 0.0428. The highest BCUT2D eigenvalue weighted by Gasteiger charge is 2.29. The molecule has 2 aliphatic rings. The summed E-state index contributed by atoms with van der Waals surface area (Å²) in [4.78, 5) is 14.2. The Kier molecular flexibility index (Phi) is 3.40. The molecule has 1 atom stereocenters. The Hall–Kier alpha value is -1.59. The number of carbonyl (C=O) groups excluding carboxylic acids is 1. The molecule has 1 amide bonds. The Labute approximate surface area is 112 Å². The van der Waals surface area contributed by atoms with Gasteiger partial charge >= 0.3 is 0 Å². The number of rotatable bonds is 1. The van der Waals surface area contributed by atoms with Gasteiger partial charge in [0.15, 0.2) is 0 Å². The SMILES string of the molecule is O=C(C1CNCCO1)N1CCc2ccc(O)cc2C1. The van der Waals surface area contributed by atoms with Crippen LogP contribution < -0.4 is 5.32 Å². The number of ether oxygens (including phenoxy) is 1. The zero-order valence-electron chi connectivity index (χ0n) is 10.8. The molecule has 0 radical (unpaired) electrons. The number of phenolic OH excluding ortho intramolecular Hbond substituents is 1. The number of fused-ring (bicyclic) bond motifs is 1. The van der Waals surface area contributed by atoms with Crippen LogP contribution in [0.1, 0.15) is 11.1 Å². The largest absolute Gasteiger partial charge is 0.508 e. The van der Waals surface area contributed by atoms with Crippen LogP contribution in [0.3, 0.4) is 0 Å². The summed E-state index contributed by atoms with van der Waals surface area (Å²) in [6.07, 6.45) is 0.467. The fourth-order valence-corrected chi connectivity index (χ4v) is 2.66. The maximum absolute atomic E-state index is 12.3. The predicted molar refractivity (Wildman–Crippen MR) is 69.8 cm³/mol. The molecule has 0 aromatic heterocycles. The van der Waals surface area contributed by atoms with Crippen molar-refractivity contribution in [1.29, 1.82) is 0 Å². The number of amides is 1. The van der Waals surface area contributed by atoms with Gasteiger partial charge < -0.3 is 20.1 Å². The van der Waals surface area contributed by atoms with E-state index < -0.39 is 0 Å². The van der Waals surface area contributed by atoms with Gasteiger partial charge in [0.05, 0.1) is 6.61 Å². The summed E-state index contributed by atoms with van der Waals surface area (Å²) in [7, 11) is 0. The maximum Gasteiger partial charge on any atom is 0.253 e. The Bertz CT molecular complexity index is 484. The summed E-state index contributed by atoms with van der Waals surface area (Å²) < 4.78 is 5.50. The smallest absolute Gasteiger partial charge is 0.253 e. The van der Waals surface area contributed by atoms with Crippen molar-refractivity contribution in [2.75, 3.05) is 26.2 Å². The normalized spacial score (nSPS) is 22.9. The molecule has 1 unspecified atom stereocenters. The summed E-state index contributed by atoms with van der Waals surface area (Å²) in [5, 5.41) is 12.7. The third kappa shape index (κ3) is 2.57. The number of morpholine rings is 1. The Morgan fingerprint density at radius 3 is 3.11 bits per heavy atom. The number of hydrogen-bond donors (Lipinski definition) is 2. The van der Waals surface area contributed by atoms with E-state index in [-0.39, 0.29) is 17.8 Å². The summed E-state index contributed by atoms with van der Waals surface area (Å²) in [5.41, 5.74) is 2.24. The van der Waals surface area contributed by atoms with E-state index in [2.05, 4.69) is 5.32 Å².